The summed E-state index contributed by atoms with van der Waals surface area (Å²) in [4.78, 5) is 8.76. The number of imidazole rings is 1. The lowest BCUT2D eigenvalue weighted by atomic mass is 10.1. The van der Waals surface area contributed by atoms with E-state index in [9.17, 15) is 4.39 Å². The number of nitrogen functional groups attached to an aromatic ring is 1. The molecule has 2 N–H and O–H groups in total. The summed E-state index contributed by atoms with van der Waals surface area (Å²) in [6.45, 7) is 3.79. The molecule has 3 aromatic rings. The second kappa shape index (κ2) is 4.59. The minimum atomic E-state index is -0.268. The minimum absolute atomic E-state index is 0.256. The second-order valence-corrected chi connectivity index (χ2v) is 4.83. The first-order chi connectivity index (χ1) is 9.58. The molecular formula is C15H15FN4. The van der Waals surface area contributed by atoms with E-state index < -0.39 is 0 Å². The van der Waals surface area contributed by atoms with Gasteiger partial charge in [-0.05, 0) is 32.0 Å². The lowest BCUT2D eigenvalue weighted by Crippen LogP contribution is -2.12. The van der Waals surface area contributed by atoms with E-state index in [2.05, 4.69) is 9.97 Å². The normalized spacial score (nSPS) is 12.8. The molecule has 5 heteroatoms. The second-order valence-electron chi connectivity index (χ2n) is 4.83. The number of halogens is 1. The quantitative estimate of drug-likeness (QED) is 0.778. The van der Waals surface area contributed by atoms with Gasteiger partial charge in [-0.1, -0.05) is 18.2 Å². The SMILES string of the molecule is Cc1ccc2nc(N)n(C(C)c3ccccc3F)c2n1. The average Bonchev–Trinajstić information content (AvgIpc) is 2.74. The summed E-state index contributed by atoms with van der Waals surface area (Å²) in [6, 6.07) is 10.2. The first kappa shape index (κ1) is 12.6. The van der Waals surface area contributed by atoms with Crippen molar-refractivity contribution in [3.8, 4) is 0 Å². The van der Waals surface area contributed by atoms with Crippen molar-refractivity contribution in [2.24, 2.45) is 0 Å². The molecule has 0 aliphatic carbocycles. The Morgan fingerprint density at radius 1 is 1.15 bits per heavy atom. The molecule has 0 saturated heterocycles. The molecule has 1 unspecified atom stereocenters. The third-order valence-corrected chi connectivity index (χ3v) is 3.45. The van der Waals surface area contributed by atoms with E-state index in [1.54, 1.807) is 16.7 Å². The zero-order chi connectivity index (χ0) is 14.3. The van der Waals surface area contributed by atoms with E-state index >= 15 is 0 Å². The highest BCUT2D eigenvalue weighted by atomic mass is 19.1. The van der Waals surface area contributed by atoms with Gasteiger partial charge in [0.05, 0.1) is 6.04 Å². The van der Waals surface area contributed by atoms with Crippen LogP contribution in [-0.2, 0) is 0 Å². The molecule has 3 rings (SSSR count). The number of fused-ring (bicyclic) bond motifs is 1. The minimum Gasteiger partial charge on any atom is -0.369 e. The van der Waals surface area contributed by atoms with Gasteiger partial charge in [-0.3, -0.25) is 4.57 Å². The van der Waals surface area contributed by atoms with Gasteiger partial charge < -0.3 is 5.73 Å². The van der Waals surface area contributed by atoms with Crippen LogP contribution in [0.5, 0.6) is 0 Å². The van der Waals surface area contributed by atoms with Crippen molar-refractivity contribution >= 4 is 17.1 Å². The van der Waals surface area contributed by atoms with Gasteiger partial charge in [0.1, 0.15) is 11.3 Å². The van der Waals surface area contributed by atoms with E-state index in [-0.39, 0.29) is 11.9 Å². The van der Waals surface area contributed by atoms with Gasteiger partial charge in [0.2, 0.25) is 5.95 Å². The van der Waals surface area contributed by atoms with E-state index in [0.717, 1.165) is 11.2 Å². The zero-order valence-corrected chi connectivity index (χ0v) is 11.3. The summed E-state index contributed by atoms with van der Waals surface area (Å²) in [5, 5.41) is 0. The maximum absolute atomic E-state index is 13.9. The Bertz CT molecular complexity index is 779. The number of nitrogens with two attached hydrogens (primary N) is 1. The molecule has 0 fully saturated rings. The monoisotopic (exact) mass is 270 g/mol. The highest BCUT2D eigenvalue weighted by Gasteiger charge is 2.19. The molecular weight excluding hydrogens is 255 g/mol. The number of benzene rings is 1. The fourth-order valence-corrected chi connectivity index (χ4v) is 2.42. The number of aryl methyl sites for hydroxylation is 1. The number of rotatable bonds is 2. The highest BCUT2D eigenvalue weighted by Crippen LogP contribution is 2.27. The van der Waals surface area contributed by atoms with Crippen LogP contribution >= 0.6 is 0 Å². The van der Waals surface area contributed by atoms with Crippen LogP contribution < -0.4 is 5.73 Å². The van der Waals surface area contributed by atoms with Crippen LogP contribution in [0.3, 0.4) is 0 Å². The molecule has 0 aliphatic heterocycles. The Morgan fingerprint density at radius 3 is 2.65 bits per heavy atom. The Kier molecular flexibility index (Phi) is 2.89. The van der Waals surface area contributed by atoms with Crippen LogP contribution in [-0.4, -0.2) is 14.5 Å². The lowest BCUT2D eigenvalue weighted by molar-refractivity contribution is 0.565. The Labute approximate surface area is 116 Å². The van der Waals surface area contributed by atoms with Crippen molar-refractivity contribution in [3.63, 3.8) is 0 Å². The summed E-state index contributed by atoms with van der Waals surface area (Å²) < 4.78 is 15.7. The van der Waals surface area contributed by atoms with Gasteiger partial charge in [-0.15, -0.1) is 0 Å². The highest BCUT2D eigenvalue weighted by molar-refractivity contribution is 5.74. The predicted molar refractivity (Wildman–Crippen MR) is 76.9 cm³/mol. The smallest absolute Gasteiger partial charge is 0.203 e. The van der Waals surface area contributed by atoms with E-state index in [4.69, 9.17) is 5.73 Å². The molecule has 0 saturated carbocycles. The molecule has 20 heavy (non-hydrogen) atoms. The molecule has 0 aliphatic rings. The molecule has 0 amide bonds. The molecule has 0 spiro atoms. The summed E-state index contributed by atoms with van der Waals surface area (Å²) in [7, 11) is 0. The maximum Gasteiger partial charge on any atom is 0.203 e. The molecule has 0 bridgehead atoms. The maximum atomic E-state index is 13.9. The summed E-state index contributed by atoms with van der Waals surface area (Å²) >= 11 is 0. The van der Waals surface area contributed by atoms with Crippen LogP contribution in [0.15, 0.2) is 36.4 Å². The van der Waals surface area contributed by atoms with Crippen LogP contribution in [0.25, 0.3) is 11.2 Å². The van der Waals surface area contributed by atoms with Crippen molar-refractivity contribution in [1.82, 2.24) is 14.5 Å². The van der Waals surface area contributed by atoms with E-state index in [1.165, 1.54) is 6.07 Å². The van der Waals surface area contributed by atoms with Crippen molar-refractivity contribution < 1.29 is 4.39 Å². The van der Waals surface area contributed by atoms with Gasteiger partial charge in [0, 0.05) is 11.3 Å². The van der Waals surface area contributed by atoms with E-state index in [0.29, 0.717) is 17.2 Å². The molecule has 4 nitrogen and oxygen atoms in total. The van der Waals surface area contributed by atoms with Crippen molar-refractivity contribution in [3.05, 3.63) is 53.5 Å². The molecule has 1 aromatic carbocycles. The van der Waals surface area contributed by atoms with Gasteiger partial charge in [-0.25, -0.2) is 14.4 Å². The van der Waals surface area contributed by atoms with Crippen molar-refractivity contribution in [2.45, 2.75) is 19.9 Å². The van der Waals surface area contributed by atoms with Crippen LogP contribution in [0.1, 0.15) is 24.2 Å². The van der Waals surface area contributed by atoms with E-state index in [1.807, 2.05) is 32.0 Å². The standard InChI is InChI=1S/C15H15FN4/c1-9-7-8-13-14(18-9)20(15(17)19-13)10(2)11-5-3-4-6-12(11)16/h3-8,10H,1-2H3,(H2,17,19). The first-order valence-corrected chi connectivity index (χ1v) is 6.43. The molecule has 2 aromatic heterocycles. The topological polar surface area (TPSA) is 56.7 Å². The third kappa shape index (κ3) is 1.91. The van der Waals surface area contributed by atoms with Crippen molar-refractivity contribution in [2.75, 3.05) is 5.73 Å². The Hall–Kier alpha value is -2.43. The van der Waals surface area contributed by atoms with Crippen LogP contribution in [0.4, 0.5) is 10.3 Å². The number of nitrogens with zero attached hydrogens (tertiary/aromatic N) is 3. The Balaban J connectivity index is 2.21. The fourth-order valence-electron chi connectivity index (χ4n) is 2.42. The van der Waals surface area contributed by atoms with Crippen molar-refractivity contribution in [1.29, 1.82) is 0 Å². The number of aromatic nitrogens is 3. The first-order valence-electron chi connectivity index (χ1n) is 6.43. The number of hydrogen-bond donors (Lipinski definition) is 1. The van der Waals surface area contributed by atoms with Gasteiger partial charge >= 0.3 is 0 Å². The molecule has 1 atom stereocenters. The molecule has 102 valence electrons. The number of hydrogen-bond acceptors (Lipinski definition) is 3. The largest absolute Gasteiger partial charge is 0.369 e. The Morgan fingerprint density at radius 2 is 1.90 bits per heavy atom. The summed E-state index contributed by atoms with van der Waals surface area (Å²) in [6.07, 6.45) is 0. The number of pyridine rings is 1. The molecule has 2 heterocycles. The average molecular weight is 270 g/mol. The lowest BCUT2D eigenvalue weighted by Gasteiger charge is -2.16. The fraction of sp³-hybridized carbons (Fsp3) is 0.200. The predicted octanol–water partition coefficient (Wildman–Crippen LogP) is 3.07. The third-order valence-electron chi connectivity index (χ3n) is 3.45. The van der Waals surface area contributed by atoms with Gasteiger partial charge in [0.15, 0.2) is 5.65 Å². The zero-order valence-electron chi connectivity index (χ0n) is 11.3. The van der Waals surface area contributed by atoms with Gasteiger partial charge in [0.25, 0.3) is 0 Å². The number of anilines is 1. The van der Waals surface area contributed by atoms with Crippen LogP contribution in [0.2, 0.25) is 0 Å². The molecule has 0 radical (unpaired) electrons. The van der Waals surface area contributed by atoms with Gasteiger partial charge in [-0.2, -0.15) is 0 Å². The van der Waals surface area contributed by atoms with Crippen LogP contribution in [0, 0.1) is 12.7 Å². The summed E-state index contributed by atoms with van der Waals surface area (Å²) in [5.74, 6) is 0.0859. The summed E-state index contributed by atoms with van der Waals surface area (Å²) in [5.41, 5.74) is 8.82.